The van der Waals surface area contributed by atoms with Crippen molar-refractivity contribution < 1.29 is 4.42 Å². The molecular weight excluding hydrogens is 216 g/mol. The molecule has 4 nitrogen and oxygen atoms in total. The molecule has 2 aromatic heterocycles. The Morgan fingerprint density at radius 3 is 2.88 bits per heavy atom. The Morgan fingerprint density at radius 1 is 1.41 bits per heavy atom. The summed E-state index contributed by atoms with van der Waals surface area (Å²) in [6.45, 7) is 4.03. The van der Waals surface area contributed by atoms with E-state index < -0.39 is 0 Å². The normalized spacial score (nSPS) is 11.2. The minimum Gasteiger partial charge on any atom is -0.427 e. The zero-order chi connectivity index (χ0) is 12.4. The molecule has 0 saturated carbocycles. The van der Waals surface area contributed by atoms with E-state index in [1.807, 2.05) is 20.0 Å². The van der Waals surface area contributed by atoms with Crippen LogP contribution >= 0.6 is 0 Å². The molecule has 2 aromatic rings. The van der Waals surface area contributed by atoms with Gasteiger partial charge in [0.05, 0.1) is 5.69 Å². The van der Waals surface area contributed by atoms with E-state index in [9.17, 15) is 4.79 Å². The summed E-state index contributed by atoms with van der Waals surface area (Å²) in [6, 6.07) is 1.89. The summed E-state index contributed by atoms with van der Waals surface area (Å²) in [5, 5.41) is 4.92. The number of aryl methyl sites for hydroxylation is 3. The van der Waals surface area contributed by atoms with Gasteiger partial charge in [-0.2, -0.15) is 5.10 Å². The lowest BCUT2D eigenvalue weighted by Crippen LogP contribution is -2.02. The molecule has 2 heterocycles. The number of rotatable bonds is 4. The fourth-order valence-corrected chi connectivity index (χ4v) is 2.01. The lowest BCUT2D eigenvalue weighted by molar-refractivity contribution is 0.457. The first-order chi connectivity index (χ1) is 8.13. The third-order valence-electron chi connectivity index (χ3n) is 3.11. The molecule has 0 aliphatic carbocycles. The summed E-state index contributed by atoms with van der Waals surface area (Å²) in [7, 11) is 1.84. The number of aromatic nitrogens is 2. The molecule has 2 rings (SSSR count). The van der Waals surface area contributed by atoms with Gasteiger partial charge in [-0.3, -0.25) is 4.68 Å². The number of fused-ring (bicyclic) bond motifs is 1. The van der Waals surface area contributed by atoms with E-state index >= 15 is 0 Å². The van der Waals surface area contributed by atoms with Crippen molar-refractivity contribution in [3.8, 4) is 0 Å². The molecule has 0 fully saturated rings. The predicted molar refractivity (Wildman–Crippen MR) is 67.2 cm³/mol. The van der Waals surface area contributed by atoms with Gasteiger partial charge in [-0.25, -0.2) is 4.79 Å². The molecule has 0 saturated heterocycles. The second-order valence-electron chi connectivity index (χ2n) is 4.43. The third kappa shape index (κ3) is 2.25. The van der Waals surface area contributed by atoms with E-state index in [4.69, 9.17) is 4.42 Å². The van der Waals surface area contributed by atoms with Crippen LogP contribution in [0.1, 0.15) is 37.6 Å². The summed E-state index contributed by atoms with van der Waals surface area (Å²) in [6.07, 6.45) is 4.18. The molecule has 17 heavy (non-hydrogen) atoms. The third-order valence-corrected chi connectivity index (χ3v) is 3.11. The lowest BCUT2D eigenvalue weighted by Gasteiger charge is -1.98. The van der Waals surface area contributed by atoms with Crippen molar-refractivity contribution in [1.82, 2.24) is 9.78 Å². The molecule has 0 aliphatic rings. The first kappa shape index (κ1) is 11.9. The zero-order valence-electron chi connectivity index (χ0n) is 10.6. The minimum absolute atomic E-state index is 0.264. The smallest absolute Gasteiger partial charge is 0.347 e. The van der Waals surface area contributed by atoms with Crippen molar-refractivity contribution in [2.75, 3.05) is 0 Å². The Balaban J connectivity index is 2.39. The van der Waals surface area contributed by atoms with Gasteiger partial charge < -0.3 is 4.42 Å². The monoisotopic (exact) mass is 234 g/mol. The maximum absolute atomic E-state index is 11.8. The van der Waals surface area contributed by atoms with Crippen LogP contribution in [0.4, 0.5) is 0 Å². The van der Waals surface area contributed by atoms with Crippen molar-refractivity contribution >= 4 is 10.9 Å². The Hall–Kier alpha value is -1.58. The van der Waals surface area contributed by atoms with Gasteiger partial charge in [-0.1, -0.05) is 19.8 Å². The molecule has 0 aromatic carbocycles. The lowest BCUT2D eigenvalue weighted by atomic mass is 10.1. The molecule has 0 unspecified atom stereocenters. The molecule has 0 atom stereocenters. The average Bonchev–Trinajstić information content (AvgIpc) is 2.55. The Labute approximate surface area is 100 Å². The average molecular weight is 234 g/mol. The van der Waals surface area contributed by atoms with Crippen molar-refractivity contribution in [3.05, 3.63) is 27.9 Å². The highest BCUT2D eigenvalue weighted by Gasteiger charge is 2.11. The highest BCUT2D eigenvalue weighted by Crippen LogP contribution is 2.15. The van der Waals surface area contributed by atoms with E-state index in [0.29, 0.717) is 5.39 Å². The first-order valence-corrected chi connectivity index (χ1v) is 6.09. The van der Waals surface area contributed by atoms with Gasteiger partial charge in [0.15, 0.2) is 0 Å². The van der Waals surface area contributed by atoms with Gasteiger partial charge >= 0.3 is 5.63 Å². The number of hydrogen-bond donors (Lipinski definition) is 0. The van der Waals surface area contributed by atoms with E-state index in [1.165, 1.54) is 0 Å². The van der Waals surface area contributed by atoms with Crippen molar-refractivity contribution in [2.24, 2.45) is 7.05 Å². The van der Waals surface area contributed by atoms with E-state index in [-0.39, 0.29) is 5.63 Å². The largest absolute Gasteiger partial charge is 0.427 e. The molecule has 92 valence electrons. The maximum atomic E-state index is 11.8. The Bertz CT molecular complexity index is 581. The highest BCUT2D eigenvalue weighted by atomic mass is 16.4. The predicted octanol–water partition coefficient (Wildman–Crippen LogP) is 2.57. The van der Waals surface area contributed by atoms with Crippen LogP contribution in [0.25, 0.3) is 10.9 Å². The summed E-state index contributed by atoms with van der Waals surface area (Å²) < 4.78 is 7.04. The Kier molecular flexibility index (Phi) is 3.31. The highest BCUT2D eigenvalue weighted by molar-refractivity contribution is 5.79. The van der Waals surface area contributed by atoms with Gasteiger partial charge in [0, 0.05) is 19.5 Å². The van der Waals surface area contributed by atoms with Gasteiger partial charge in [-0.15, -0.1) is 0 Å². The summed E-state index contributed by atoms with van der Waals surface area (Å²) in [4.78, 5) is 11.8. The molecule has 0 aliphatic heterocycles. The first-order valence-electron chi connectivity index (χ1n) is 6.09. The minimum atomic E-state index is -0.264. The van der Waals surface area contributed by atoms with Crippen LogP contribution in [-0.2, 0) is 13.5 Å². The molecule has 0 bridgehead atoms. The standard InChI is InChI=1S/C13H18N2O2/c1-4-5-6-7-10-8-11-12(13(16)17-10)9(2)15(3)14-11/h8H,4-7H2,1-3H3. The molecule has 4 heteroatoms. The zero-order valence-corrected chi connectivity index (χ0v) is 10.6. The SMILES string of the molecule is CCCCCc1cc2nn(C)c(C)c2c(=O)o1. The van der Waals surface area contributed by atoms with Crippen LogP contribution in [0, 0.1) is 6.92 Å². The number of hydrogen-bond acceptors (Lipinski definition) is 3. The second-order valence-corrected chi connectivity index (χ2v) is 4.43. The van der Waals surface area contributed by atoms with Gasteiger partial charge in [0.25, 0.3) is 0 Å². The topological polar surface area (TPSA) is 48.0 Å². The van der Waals surface area contributed by atoms with Gasteiger partial charge in [-0.05, 0) is 13.3 Å². The molecule has 0 radical (unpaired) electrons. The summed E-state index contributed by atoms with van der Waals surface area (Å²) in [5.74, 6) is 0.744. The van der Waals surface area contributed by atoms with Gasteiger partial charge in [0.2, 0.25) is 0 Å². The number of unbranched alkanes of at least 4 members (excludes halogenated alkanes) is 2. The van der Waals surface area contributed by atoms with E-state index in [1.54, 1.807) is 4.68 Å². The van der Waals surface area contributed by atoms with E-state index in [0.717, 1.165) is 42.7 Å². The van der Waals surface area contributed by atoms with Crippen LogP contribution < -0.4 is 5.63 Å². The Morgan fingerprint density at radius 2 is 2.18 bits per heavy atom. The summed E-state index contributed by atoms with van der Waals surface area (Å²) >= 11 is 0. The molecule has 0 spiro atoms. The van der Waals surface area contributed by atoms with Crippen LogP contribution in [-0.4, -0.2) is 9.78 Å². The fourth-order valence-electron chi connectivity index (χ4n) is 2.01. The van der Waals surface area contributed by atoms with Crippen molar-refractivity contribution in [2.45, 2.75) is 39.5 Å². The molecule has 0 amide bonds. The van der Waals surface area contributed by atoms with Crippen LogP contribution in [0.2, 0.25) is 0 Å². The summed E-state index contributed by atoms with van der Waals surface area (Å²) in [5.41, 5.74) is 1.33. The van der Waals surface area contributed by atoms with Crippen LogP contribution in [0.3, 0.4) is 0 Å². The fraction of sp³-hybridized carbons (Fsp3) is 0.538. The van der Waals surface area contributed by atoms with Crippen molar-refractivity contribution in [1.29, 1.82) is 0 Å². The maximum Gasteiger partial charge on any atom is 0.347 e. The van der Waals surface area contributed by atoms with Crippen LogP contribution in [0.5, 0.6) is 0 Å². The van der Waals surface area contributed by atoms with E-state index in [2.05, 4.69) is 12.0 Å². The quantitative estimate of drug-likeness (QED) is 0.764. The van der Waals surface area contributed by atoms with Crippen LogP contribution in [0.15, 0.2) is 15.3 Å². The van der Waals surface area contributed by atoms with Gasteiger partial charge in [0.1, 0.15) is 16.7 Å². The molecule has 0 N–H and O–H groups in total. The number of nitrogens with zero attached hydrogens (tertiary/aromatic N) is 2. The molecular formula is C13H18N2O2. The second kappa shape index (κ2) is 4.73. The van der Waals surface area contributed by atoms with Crippen molar-refractivity contribution in [3.63, 3.8) is 0 Å².